The van der Waals surface area contributed by atoms with Crippen LogP contribution in [0.15, 0.2) is 34.2 Å². The van der Waals surface area contributed by atoms with Gasteiger partial charge in [0.1, 0.15) is 5.69 Å². The molecule has 2 aromatic rings. The first-order valence-electron chi connectivity index (χ1n) is 7.67. The van der Waals surface area contributed by atoms with E-state index in [1.54, 1.807) is 13.0 Å². The number of hydrogen-bond donors (Lipinski definition) is 2. The van der Waals surface area contributed by atoms with Gasteiger partial charge in [0.2, 0.25) is 5.91 Å². The summed E-state index contributed by atoms with van der Waals surface area (Å²) in [5.74, 6) is -0.440. The number of thioether (sulfide) groups is 1. The van der Waals surface area contributed by atoms with E-state index in [4.69, 9.17) is 0 Å². The van der Waals surface area contributed by atoms with E-state index in [0.717, 1.165) is 23.7 Å². The molecule has 8 nitrogen and oxygen atoms in total. The summed E-state index contributed by atoms with van der Waals surface area (Å²) < 4.78 is 0. The fourth-order valence-corrected chi connectivity index (χ4v) is 2.85. The van der Waals surface area contributed by atoms with Gasteiger partial charge in [-0.3, -0.25) is 19.7 Å². The molecule has 0 aliphatic heterocycles. The number of nitro groups is 1. The number of carbonyl (C=O) groups excluding carboxylic acids is 1. The van der Waals surface area contributed by atoms with E-state index in [0.29, 0.717) is 17.3 Å². The summed E-state index contributed by atoms with van der Waals surface area (Å²) in [4.78, 5) is 41.0. The zero-order chi connectivity index (χ0) is 18.4. The minimum Gasteiger partial charge on any atom is -0.320 e. The maximum absolute atomic E-state index is 12.1. The Hall–Kier alpha value is -2.68. The summed E-state index contributed by atoms with van der Waals surface area (Å²) in [6, 6.07) is 6.01. The van der Waals surface area contributed by atoms with Gasteiger partial charge in [-0.2, -0.15) is 0 Å². The monoisotopic (exact) mass is 362 g/mol. The van der Waals surface area contributed by atoms with Crippen molar-refractivity contribution in [2.45, 2.75) is 31.8 Å². The van der Waals surface area contributed by atoms with Gasteiger partial charge < -0.3 is 10.3 Å². The molecule has 1 aromatic carbocycles. The van der Waals surface area contributed by atoms with Gasteiger partial charge in [-0.15, -0.1) is 0 Å². The lowest BCUT2D eigenvalue weighted by atomic mass is 10.2. The molecule has 9 heteroatoms. The third kappa shape index (κ3) is 5.42. The molecule has 0 aliphatic carbocycles. The summed E-state index contributed by atoms with van der Waals surface area (Å²) in [6.07, 6.45) is 1.54. The summed E-state index contributed by atoms with van der Waals surface area (Å²) in [6.45, 7) is 3.72. The van der Waals surface area contributed by atoms with Crippen molar-refractivity contribution >= 4 is 29.0 Å². The van der Waals surface area contributed by atoms with Gasteiger partial charge in [0.25, 0.3) is 11.2 Å². The van der Waals surface area contributed by atoms with Crippen molar-refractivity contribution in [1.29, 1.82) is 0 Å². The number of nitrogens with one attached hydrogen (secondary N) is 2. The Morgan fingerprint density at radius 3 is 2.84 bits per heavy atom. The molecule has 1 aromatic heterocycles. The van der Waals surface area contributed by atoms with Crippen LogP contribution in [0.4, 0.5) is 11.4 Å². The number of hydrogen-bond acceptors (Lipinski definition) is 6. The Balaban J connectivity index is 2.04. The Kier molecular flexibility index (Phi) is 6.29. The minimum atomic E-state index is -0.539. The van der Waals surface area contributed by atoms with Crippen LogP contribution in [-0.4, -0.2) is 26.6 Å². The van der Waals surface area contributed by atoms with Crippen LogP contribution in [0.25, 0.3) is 0 Å². The maximum Gasteiger partial charge on any atom is 0.293 e. The summed E-state index contributed by atoms with van der Waals surface area (Å²) in [5.41, 5.74) is 1.12. The summed E-state index contributed by atoms with van der Waals surface area (Å²) in [5, 5.41) is 13.9. The molecule has 0 aliphatic rings. The quantitative estimate of drug-likeness (QED) is 0.338. The number of nitrogens with zero attached hydrogens (tertiary/aromatic N) is 2. The largest absolute Gasteiger partial charge is 0.320 e. The number of rotatable bonds is 7. The maximum atomic E-state index is 12.1. The van der Waals surface area contributed by atoms with E-state index in [1.807, 2.05) is 6.92 Å². The second-order valence-corrected chi connectivity index (χ2v) is 6.37. The van der Waals surface area contributed by atoms with E-state index in [-0.39, 0.29) is 22.7 Å². The summed E-state index contributed by atoms with van der Waals surface area (Å²) in [7, 11) is 0. The molecular weight excluding hydrogens is 344 g/mol. The average Bonchev–Trinajstić information content (AvgIpc) is 2.54. The van der Waals surface area contributed by atoms with Gasteiger partial charge in [0.05, 0.1) is 10.7 Å². The molecule has 132 valence electrons. The molecular formula is C16H18N4O4S. The Morgan fingerprint density at radius 2 is 2.16 bits per heavy atom. The van der Waals surface area contributed by atoms with Crippen LogP contribution in [-0.2, 0) is 11.2 Å². The van der Waals surface area contributed by atoms with Crippen LogP contribution in [0.3, 0.4) is 0 Å². The number of aromatic nitrogens is 2. The smallest absolute Gasteiger partial charge is 0.293 e. The molecule has 0 radical (unpaired) electrons. The first-order chi connectivity index (χ1) is 11.9. The molecule has 0 saturated carbocycles. The van der Waals surface area contributed by atoms with Crippen LogP contribution in [0.1, 0.15) is 24.6 Å². The van der Waals surface area contributed by atoms with Crippen molar-refractivity contribution < 1.29 is 9.72 Å². The molecule has 0 fully saturated rings. The van der Waals surface area contributed by atoms with Crippen LogP contribution in [0.2, 0.25) is 0 Å². The third-order valence-electron chi connectivity index (χ3n) is 3.24. The molecule has 0 spiro atoms. The molecule has 0 saturated heterocycles. The number of anilines is 1. The van der Waals surface area contributed by atoms with Gasteiger partial charge in [0.15, 0.2) is 5.16 Å². The van der Waals surface area contributed by atoms with E-state index < -0.39 is 10.8 Å². The van der Waals surface area contributed by atoms with E-state index in [1.165, 1.54) is 18.2 Å². The second kappa shape index (κ2) is 8.43. The number of nitro benzene ring substituents is 1. The van der Waals surface area contributed by atoms with Crippen LogP contribution >= 0.6 is 11.8 Å². The number of H-pyrrole nitrogens is 1. The second-order valence-electron chi connectivity index (χ2n) is 5.41. The molecule has 1 heterocycles. The van der Waals surface area contributed by atoms with E-state index in [2.05, 4.69) is 15.3 Å². The average molecular weight is 362 g/mol. The van der Waals surface area contributed by atoms with Gasteiger partial charge in [-0.1, -0.05) is 31.2 Å². The van der Waals surface area contributed by atoms with Crippen LogP contribution in [0, 0.1) is 17.0 Å². The van der Waals surface area contributed by atoms with Gasteiger partial charge in [-0.25, -0.2) is 4.98 Å². The summed E-state index contributed by atoms with van der Waals surface area (Å²) >= 11 is 1.07. The normalized spacial score (nSPS) is 10.5. The van der Waals surface area contributed by atoms with Gasteiger partial charge in [0, 0.05) is 17.8 Å². The van der Waals surface area contributed by atoms with E-state index in [9.17, 15) is 19.7 Å². The van der Waals surface area contributed by atoms with Crippen molar-refractivity contribution in [2.75, 3.05) is 11.1 Å². The lowest BCUT2D eigenvalue weighted by molar-refractivity contribution is -0.384. The van der Waals surface area contributed by atoms with Crippen molar-refractivity contribution in [3.05, 3.63) is 56.0 Å². The van der Waals surface area contributed by atoms with E-state index >= 15 is 0 Å². The molecule has 2 rings (SSSR count). The molecule has 0 unspecified atom stereocenters. The highest BCUT2D eigenvalue weighted by Crippen LogP contribution is 2.25. The predicted octanol–water partition coefficient (Wildman–Crippen LogP) is 2.67. The van der Waals surface area contributed by atoms with Crippen molar-refractivity contribution in [2.24, 2.45) is 0 Å². The Morgan fingerprint density at radius 1 is 1.40 bits per heavy atom. The lowest BCUT2D eigenvalue weighted by Gasteiger charge is -2.07. The van der Waals surface area contributed by atoms with Crippen LogP contribution in [0.5, 0.6) is 0 Å². The Labute approximate surface area is 148 Å². The van der Waals surface area contributed by atoms with Crippen molar-refractivity contribution in [3.8, 4) is 0 Å². The zero-order valence-corrected chi connectivity index (χ0v) is 14.7. The first-order valence-corrected chi connectivity index (χ1v) is 8.65. The molecule has 2 N–H and O–H groups in total. The lowest BCUT2D eigenvalue weighted by Crippen LogP contribution is -2.16. The number of carbonyl (C=O) groups is 1. The Bertz CT molecular complexity index is 850. The fraction of sp³-hybridized carbons (Fsp3) is 0.312. The number of amides is 1. The molecule has 0 bridgehead atoms. The zero-order valence-electron chi connectivity index (χ0n) is 13.9. The van der Waals surface area contributed by atoms with Crippen LogP contribution < -0.4 is 10.9 Å². The standard InChI is InChI=1S/C16H18N4O4S/c1-3-4-11-8-14(21)19-16(17-11)25-9-15(22)18-12-6-5-10(2)7-13(12)20(23)24/h5-8H,3-4,9H2,1-2H3,(H,18,22)(H,17,19,21). The van der Waals surface area contributed by atoms with Crippen molar-refractivity contribution in [3.63, 3.8) is 0 Å². The SMILES string of the molecule is CCCc1cc(=O)[nH]c(SCC(=O)Nc2ccc(C)cc2[N+](=O)[O-])n1. The topological polar surface area (TPSA) is 118 Å². The minimum absolute atomic E-state index is 0.0243. The molecule has 25 heavy (non-hydrogen) atoms. The molecule has 0 atom stereocenters. The van der Waals surface area contributed by atoms with Gasteiger partial charge >= 0.3 is 0 Å². The van der Waals surface area contributed by atoms with Crippen molar-refractivity contribution in [1.82, 2.24) is 9.97 Å². The highest BCUT2D eigenvalue weighted by atomic mass is 32.2. The number of aromatic amines is 1. The third-order valence-corrected chi connectivity index (χ3v) is 4.12. The highest BCUT2D eigenvalue weighted by Gasteiger charge is 2.16. The van der Waals surface area contributed by atoms with Gasteiger partial charge in [-0.05, 0) is 25.0 Å². The predicted molar refractivity (Wildman–Crippen MR) is 96.0 cm³/mol. The number of benzene rings is 1. The first kappa shape index (κ1) is 18.7. The highest BCUT2D eigenvalue weighted by molar-refractivity contribution is 7.99. The molecule has 1 amide bonds. The number of aryl methyl sites for hydroxylation is 2. The fourth-order valence-electron chi connectivity index (χ4n) is 2.15.